The van der Waals surface area contributed by atoms with Gasteiger partial charge in [0.05, 0.1) is 16.1 Å². The second kappa shape index (κ2) is 4.80. The van der Waals surface area contributed by atoms with Crippen LogP contribution in [0.2, 0.25) is 0 Å². The summed E-state index contributed by atoms with van der Waals surface area (Å²) >= 11 is 3.00. The predicted molar refractivity (Wildman–Crippen MR) is 61.0 cm³/mol. The summed E-state index contributed by atoms with van der Waals surface area (Å²) in [5, 5.41) is 10.0. The molecular weight excluding hydrogens is 278 g/mol. The highest BCUT2D eigenvalue weighted by molar-refractivity contribution is 9.10. The molecule has 0 aromatic heterocycles. The van der Waals surface area contributed by atoms with Gasteiger partial charge in [0.25, 0.3) is 0 Å². The van der Waals surface area contributed by atoms with Crippen molar-refractivity contribution in [3.8, 4) is 0 Å². The van der Waals surface area contributed by atoms with Crippen molar-refractivity contribution in [3.63, 3.8) is 0 Å². The quantitative estimate of drug-likeness (QED) is 0.818. The van der Waals surface area contributed by atoms with Gasteiger partial charge < -0.3 is 5.11 Å². The molecule has 2 rings (SSSR count). The fourth-order valence-corrected chi connectivity index (χ4v) is 2.67. The van der Waals surface area contributed by atoms with Crippen molar-refractivity contribution in [1.82, 2.24) is 0 Å². The lowest BCUT2D eigenvalue weighted by Crippen LogP contribution is -2.13. The van der Waals surface area contributed by atoms with Gasteiger partial charge in [0, 0.05) is 0 Å². The zero-order valence-electron chi connectivity index (χ0n) is 8.72. The maximum Gasteiger partial charge on any atom is 0.146 e. The van der Waals surface area contributed by atoms with Crippen LogP contribution in [0.3, 0.4) is 0 Å². The third-order valence-corrected chi connectivity index (χ3v) is 3.83. The minimum Gasteiger partial charge on any atom is -0.388 e. The van der Waals surface area contributed by atoms with E-state index in [1.807, 2.05) is 0 Å². The van der Waals surface area contributed by atoms with Gasteiger partial charge in [-0.25, -0.2) is 8.78 Å². The molecule has 88 valence electrons. The molecule has 16 heavy (non-hydrogen) atoms. The molecular formula is C12H13BrF2O. The van der Waals surface area contributed by atoms with Crippen LogP contribution < -0.4 is 0 Å². The molecule has 1 aliphatic carbocycles. The van der Waals surface area contributed by atoms with Gasteiger partial charge in [0.15, 0.2) is 0 Å². The molecule has 0 bridgehead atoms. The third-order valence-electron chi connectivity index (χ3n) is 3.22. The van der Waals surface area contributed by atoms with Crippen LogP contribution in [0.15, 0.2) is 16.6 Å². The smallest absolute Gasteiger partial charge is 0.146 e. The Morgan fingerprint density at radius 2 is 1.88 bits per heavy atom. The SMILES string of the molecule is OC(c1c(F)ccc(Br)c1F)C1CCCC1. The average molecular weight is 291 g/mol. The lowest BCUT2D eigenvalue weighted by molar-refractivity contribution is 0.103. The molecule has 1 saturated carbocycles. The molecule has 1 nitrogen and oxygen atoms in total. The Balaban J connectivity index is 2.34. The van der Waals surface area contributed by atoms with E-state index in [0.717, 1.165) is 25.7 Å². The second-order valence-electron chi connectivity index (χ2n) is 4.25. The van der Waals surface area contributed by atoms with Crippen LogP contribution in [0.25, 0.3) is 0 Å². The van der Waals surface area contributed by atoms with E-state index in [-0.39, 0.29) is 16.0 Å². The summed E-state index contributed by atoms with van der Waals surface area (Å²) in [6.07, 6.45) is 2.71. The maximum absolute atomic E-state index is 13.7. The van der Waals surface area contributed by atoms with Crippen LogP contribution in [0.5, 0.6) is 0 Å². The van der Waals surface area contributed by atoms with Crippen molar-refractivity contribution in [2.24, 2.45) is 5.92 Å². The van der Waals surface area contributed by atoms with Crippen LogP contribution in [-0.2, 0) is 0 Å². The standard InChI is InChI=1S/C12H13BrF2O/c13-8-5-6-9(14)10(11(8)15)12(16)7-3-1-2-4-7/h5-7,12,16H,1-4H2. The van der Waals surface area contributed by atoms with Gasteiger partial charge in [-0.3, -0.25) is 0 Å². The zero-order chi connectivity index (χ0) is 11.7. The Kier molecular flexibility index (Phi) is 3.60. The van der Waals surface area contributed by atoms with Crippen LogP contribution in [0.1, 0.15) is 37.4 Å². The van der Waals surface area contributed by atoms with Gasteiger partial charge in [0.2, 0.25) is 0 Å². The Morgan fingerprint density at radius 1 is 1.25 bits per heavy atom. The minimum absolute atomic E-state index is 0.0155. The van der Waals surface area contributed by atoms with Crippen molar-refractivity contribution < 1.29 is 13.9 Å². The molecule has 1 N–H and O–H groups in total. The van der Waals surface area contributed by atoms with E-state index in [0.29, 0.717) is 0 Å². The second-order valence-corrected chi connectivity index (χ2v) is 5.10. The van der Waals surface area contributed by atoms with Gasteiger partial charge in [0.1, 0.15) is 11.6 Å². The van der Waals surface area contributed by atoms with Gasteiger partial charge in [-0.1, -0.05) is 12.8 Å². The molecule has 1 aliphatic rings. The zero-order valence-corrected chi connectivity index (χ0v) is 10.3. The molecule has 1 unspecified atom stereocenters. The summed E-state index contributed by atoms with van der Waals surface area (Å²) in [4.78, 5) is 0. The highest BCUT2D eigenvalue weighted by Crippen LogP contribution is 2.38. The Hall–Kier alpha value is -0.480. The van der Waals surface area contributed by atoms with E-state index in [4.69, 9.17) is 0 Å². The lowest BCUT2D eigenvalue weighted by Gasteiger charge is -2.19. The molecule has 0 aliphatic heterocycles. The van der Waals surface area contributed by atoms with E-state index in [2.05, 4.69) is 15.9 Å². The lowest BCUT2D eigenvalue weighted by atomic mass is 9.94. The van der Waals surface area contributed by atoms with Gasteiger partial charge in [-0.2, -0.15) is 0 Å². The number of aliphatic hydroxyl groups excluding tert-OH is 1. The topological polar surface area (TPSA) is 20.2 Å². The molecule has 0 saturated heterocycles. The molecule has 4 heteroatoms. The highest BCUT2D eigenvalue weighted by atomic mass is 79.9. The van der Waals surface area contributed by atoms with Gasteiger partial charge >= 0.3 is 0 Å². The van der Waals surface area contributed by atoms with Crippen LogP contribution in [-0.4, -0.2) is 5.11 Å². The average Bonchev–Trinajstić information content (AvgIpc) is 2.77. The van der Waals surface area contributed by atoms with E-state index in [1.54, 1.807) is 0 Å². The maximum atomic E-state index is 13.7. The fourth-order valence-electron chi connectivity index (χ4n) is 2.32. The summed E-state index contributed by atoms with van der Waals surface area (Å²) in [5.41, 5.74) is -0.193. The number of aliphatic hydroxyl groups is 1. The van der Waals surface area contributed by atoms with Crippen molar-refractivity contribution in [1.29, 1.82) is 0 Å². The Labute approximate surface area is 102 Å². The molecule has 1 fully saturated rings. The normalized spacial score (nSPS) is 19.0. The Morgan fingerprint density at radius 3 is 2.50 bits per heavy atom. The molecule has 0 spiro atoms. The van der Waals surface area contributed by atoms with Crippen LogP contribution in [0.4, 0.5) is 8.78 Å². The largest absolute Gasteiger partial charge is 0.388 e. The summed E-state index contributed by atoms with van der Waals surface area (Å²) in [5.74, 6) is -1.36. The van der Waals surface area contributed by atoms with Gasteiger partial charge in [-0.15, -0.1) is 0 Å². The first-order valence-electron chi connectivity index (χ1n) is 5.42. The van der Waals surface area contributed by atoms with E-state index in [1.165, 1.54) is 12.1 Å². The van der Waals surface area contributed by atoms with Crippen molar-refractivity contribution in [2.75, 3.05) is 0 Å². The monoisotopic (exact) mass is 290 g/mol. The summed E-state index contributed by atoms with van der Waals surface area (Å²) in [7, 11) is 0. The number of rotatable bonds is 2. The molecule has 1 atom stereocenters. The first kappa shape index (κ1) is 12.0. The molecule has 1 aromatic rings. The summed E-state index contributed by atoms with van der Waals surface area (Å²) in [6.45, 7) is 0. The molecule has 1 aromatic carbocycles. The Bertz CT molecular complexity index is 389. The first-order valence-corrected chi connectivity index (χ1v) is 6.22. The van der Waals surface area contributed by atoms with Gasteiger partial charge in [-0.05, 0) is 46.8 Å². The number of hydrogen-bond acceptors (Lipinski definition) is 1. The first-order chi connectivity index (χ1) is 7.61. The van der Waals surface area contributed by atoms with Crippen LogP contribution >= 0.6 is 15.9 Å². The molecule has 0 amide bonds. The van der Waals surface area contributed by atoms with Crippen molar-refractivity contribution in [3.05, 3.63) is 33.8 Å². The third kappa shape index (κ3) is 2.13. The summed E-state index contributed by atoms with van der Waals surface area (Å²) in [6, 6.07) is 2.50. The highest BCUT2D eigenvalue weighted by Gasteiger charge is 2.29. The number of hydrogen-bond donors (Lipinski definition) is 1. The van der Waals surface area contributed by atoms with Crippen LogP contribution in [0, 0.1) is 17.6 Å². The van der Waals surface area contributed by atoms with Crippen molar-refractivity contribution in [2.45, 2.75) is 31.8 Å². The van der Waals surface area contributed by atoms with E-state index < -0.39 is 17.7 Å². The van der Waals surface area contributed by atoms with E-state index >= 15 is 0 Å². The van der Waals surface area contributed by atoms with Crippen molar-refractivity contribution >= 4 is 15.9 Å². The molecule has 0 heterocycles. The molecule has 0 radical (unpaired) electrons. The number of halogens is 3. The van der Waals surface area contributed by atoms with E-state index in [9.17, 15) is 13.9 Å². The summed E-state index contributed by atoms with van der Waals surface area (Å²) < 4.78 is 27.4. The minimum atomic E-state index is -1.03. The fraction of sp³-hybridized carbons (Fsp3) is 0.500. The predicted octanol–water partition coefficient (Wildman–Crippen LogP) is 3.95. The number of benzene rings is 1.